The second kappa shape index (κ2) is 7.60. The third kappa shape index (κ3) is 7.63. The molecule has 18 heavy (non-hydrogen) atoms. The quantitative estimate of drug-likeness (QED) is 0.575. The molecule has 0 atom stereocenters. The number of aliphatic carboxylic acids is 2. The number of carbonyl (C=O) groups is 3. The van der Waals surface area contributed by atoms with E-state index in [1.54, 1.807) is 0 Å². The van der Waals surface area contributed by atoms with Gasteiger partial charge in [0.1, 0.15) is 5.82 Å². The highest BCUT2D eigenvalue weighted by atomic mass is 16.4. The van der Waals surface area contributed by atoms with Crippen molar-refractivity contribution < 1.29 is 24.6 Å². The summed E-state index contributed by atoms with van der Waals surface area (Å²) in [5.74, 6) is -2.27. The number of anilines is 1. The number of nitrogen functional groups attached to an aromatic ring is 1. The van der Waals surface area contributed by atoms with Crippen LogP contribution in [0.25, 0.3) is 0 Å². The molecule has 1 heterocycles. The first kappa shape index (κ1) is 15.4. The van der Waals surface area contributed by atoms with Crippen molar-refractivity contribution in [2.24, 2.45) is 5.73 Å². The second-order valence-electron chi connectivity index (χ2n) is 3.12. The van der Waals surface area contributed by atoms with Gasteiger partial charge in [0.05, 0.1) is 18.4 Å². The molecule has 1 rings (SSSR count). The molecular weight excluding hydrogens is 242 g/mol. The summed E-state index contributed by atoms with van der Waals surface area (Å²) >= 11 is 0. The maximum Gasteiger partial charge on any atom is 0.303 e. The highest BCUT2D eigenvalue weighted by Crippen LogP contribution is 1.98. The second-order valence-corrected chi connectivity index (χ2v) is 3.12. The fraction of sp³-hybridized carbons (Fsp3) is 0.200. The molecular formula is C10H13N3O5. The summed E-state index contributed by atoms with van der Waals surface area (Å²) in [6, 6.07) is 3.06. The first-order chi connectivity index (χ1) is 8.32. The molecule has 8 nitrogen and oxygen atoms in total. The van der Waals surface area contributed by atoms with Crippen molar-refractivity contribution in [1.82, 2.24) is 4.98 Å². The van der Waals surface area contributed by atoms with Gasteiger partial charge in [-0.1, -0.05) is 0 Å². The zero-order valence-corrected chi connectivity index (χ0v) is 9.37. The summed E-state index contributed by atoms with van der Waals surface area (Å²) in [5, 5.41) is 15.8. The standard InChI is InChI=1S/C6H7N3O.C4H6O4/c7-5-2-1-4(3-9-5)6(8)10;5-3(6)1-2-4(7)8/h1-3H,(H2,7,9)(H2,8,10);1-2H2,(H,5,6)(H,7,8). The third-order valence-corrected chi connectivity index (χ3v) is 1.62. The minimum atomic E-state index is -1.08. The van der Waals surface area contributed by atoms with E-state index >= 15 is 0 Å². The largest absolute Gasteiger partial charge is 0.481 e. The van der Waals surface area contributed by atoms with Crippen LogP contribution in [0.15, 0.2) is 18.3 Å². The number of carbonyl (C=O) groups excluding carboxylic acids is 1. The maximum absolute atomic E-state index is 10.5. The van der Waals surface area contributed by atoms with Crippen LogP contribution in [0.3, 0.4) is 0 Å². The molecule has 6 N–H and O–H groups in total. The molecule has 0 aliphatic heterocycles. The Balaban J connectivity index is 0.000000331. The van der Waals surface area contributed by atoms with E-state index in [4.69, 9.17) is 21.7 Å². The first-order valence-corrected chi connectivity index (χ1v) is 4.78. The Morgan fingerprint density at radius 3 is 1.89 bits per heavy atom. The molecule has 0 unspecified atom stereocenters. The van der Waals surface area contributed by atoms with Crippen LogP contribution in [0.5, 0.6) is 0 Å². The predicted octanol–water partition coefficient (Wildman–Crippen LogP) is -0.302. The average molecular weight is 255 g/mol. The van der Waals surface area contributed by atoms with Crippen LogP contribution < -0.4 is 11.5 Å². The van der Waals surface area contributed by atoms with Gasteiger partial charge in [-0.3, -0.25) is 14.4 Å². The maximum atomic E-state index is 10.5. The molecule has 98 valence electrons. The van der Waals surface area contributed by atoms with Crippen molar-refractivity contribution >= 4 is 23.7 Å². The molecule has 1 aromatic heterocycles. The van der Waals surface area contributed by atoms with Crippen LogP contribution in [0.1, 0.15) is 23.2 Å². The normalized spacial score (nSPS) is 8.89. The highest BCUT2D eigenvalue weighted by Gasteiger charge is 2.00. The summed E-state index contributed by atoms with van der Waals surface area (Å²) in [7, 11) is 0. The van der Waals surface area contributed by atoms with Gasteiger partial charge in [0.15, 0.2) is 0 Å². The lowest BCUT2D eigenvalue weighted by atomic mass is 10.3. The van der Waals surface area contributed by atoms with E-state index < -0.39 is 17.8 Å². The van der Waals surface area contributed by atoms with Crippen molar-refractivity contribution in [3.63, 3.8) is 0 Å². The number of carboxylic acids is 2. The zero-order chi connectivity index (χ0) is 14.1. The Kier molecular flexibility index (Phi) is 6.49. The predicted molar refractivity (Wildman–Crippen MR) is 61.7 cm³/mol. The lowest BCUT2D eigenvalue weighted by Gasteiger charge is -1.93. The summed E-state index contributed by atoms with van der Waals surface area (Å²) in [4.78, 5) is 33.4. The number of aromatic nitrogens is 1. The van der Waals surface area contributed by atoms with Crippen LogP contribution >= 0.6 is 0 Å². The van der Waals surface area contributed by atoms with E-state index in [0.29, 0.717) is 11.4 Å². The number of rotatable bonds is 4. The van der Waals surface area contributed by atoms with E-state index in [-0.39, 0.29) is 12.8 Å². The molecule has 0 saturated heterocycles. The van der Waals surface area contributed by atoms with Gasteiger partial charge >= 0.3 is 11.9 Å². The van der Waals surface area contributed by atoms with Gasteiger partial charge in [0.2, 0.25) is 5.91 Å². The van der Waals surface area contributed by atoms with E-state index in [1.807, 2.05) is 0 Å². The molecule has 0 bridgehead atoms. The minimum absolute atomic E-state index is 0.296. The zero-order valence-electron chi connectivity index (χ0n) is 9.37. The fourth-order valence-electron chi connectivity index (χ4n) is 0.765. The number of primary amides is 1. The van der Waals surface area contributed by atoms with Gasteiger partial charge < -0.3 is 21.7 Å². The van der Waals surface area contributed by atoms with Crippen molar-refractivity contribution in [1.29, 1.82) is 0 Å². The van der Waals surface area contributed by atoms with Gasteiger partial charge in [-0.05, 0) is 12.1 Å². The van der Waals surface area contributed by atoms with Gasteiger partial charge in [0.25, 0.3) is 0 Å². The summed E-state index contributed by atoms with van der Waals surface area (Å²) in [5.41, 5.74) is 10.6. The summed E-state index contributed by atoms with van der Waals surface area (Å²) in [6.07, 6.45) is 0.752. The Hall–Kier alpha value is -2.64. The molecule has 1 amide bonds. The van der Waals surface area contributed by atoms with E-state index in [2.05, 4.69) is 4.98 Å². The molecule has 0 aromatic carbocycles. The molecule has 0 saturated carbocycles. The average Bonchev–Trinajstić information content (AvgIpc) is 2.28. The lowest BCUT2D eigenvalue weighted by Crippen LogP contribution is -2.11. The van der Waals surface area contributed by atoms with Crippen molar-refractivity contribution in [3.05, 3.63) is 23.9 Å². The Bertz CT molecular complexity index is 416. The molecule has 0 radical (unpaired) electrons. The van der Waals surface area contributed by atoms with Gasteiger partial charge in [-0.2, -0.15) is 0 Å². The number of hydrogen-bond donors (Lipinski definition) is 4. The van der Waals surface area contributed by atoms with E-state index in [0.717, 1.165) is 0 Å². The topological polar surface area (TPSA) is 157 Å². The van der Waals surface area contributed by atoms with Crippen molar-refractivity contribution in [2.75, 3.05) is 5.73 Å². The Morgan fingerprint density at radius 1 is 1.11 bits per heavy atom. The smallest absolute Gasteiger partial charge is 0.303 e. The van der Waals surface area contributed by atoms with Crippen molar-refractivity contribution in [3.8, 4) is 0 Å². The van der Waals surface area contributed by atoms with E-state index in [9.17, 15) is 14.4 Å². The Morgan fingerprint density at radius 2 is 1.61 bits per heavy atom. The molecule has 0 aliphatic rings. The van der Waals surface area contributed by atoms with Gasteiger partial charge in [-0.25, -0.2) is 4.98 Å². The summed E-state index contributed by atoms with van der Waals surface area (Å²) < 4.78 is 0. The number of amides is 1. The molecule has 0 aliphatic carbocycles. The SMILES string of the molecule is NC(=O)c1ccc(N)nc1.O=C(O)CCC(=O)O. The number of pyridine rings is 1. The van der Waals surface area contributed by atoms with Crippen molar-refractivity contribution in [2.45, 2.75) is 12.8 Å². The number of nitrogens with zero attached hydrogens (tertiary/aromatic N) is 1. The lowest BCUT2D eigenvalue weighted by molar-refractivity contribution is -0.143. The van der Waals surface area contributed by atoms with Crippen LogP contribution in [0.2, 0.25) is 0 Å². The molecule has 0 spiro atoms. The summed E-state index contributed by atoms with van der Waals surface area (Å²) in [6.45, 7) is 0. The molecule has 8 heteroatoms. The van der Waals surface area contributed by atoms with Crippen LogP contribution in [0, 0.1) is 0 Å². The molecule has 0 fully saturated rings. The number of nitrogens with two attached hydrogens (primary N) is 2. The van der Waals surface area contributed by atoms with Crippen LogP contribution in [-0.2, 0) is 9.59 Å². The highest BCUT2D eigenvalue weighted by molar-refractivity contribution is 5.92. The number of hydrogen-bond acceptors (Lipinski definition) is 5. The third-order valence-electron chi connectivity index (χ3n) is 1.62. The molecule has 1 aromatic rings. The monoisotopic (exact) mass is 255 g/mol. The minimum Gasteiger partial charge on any atom is -0.481 e. The first-order valence-electron chi connectivity index (χ1n) is 4.78. The van der Waals surface area contributed by atoms with Crippen LogP contribution in [0.4, 0.5) is 5.82 Å². The fourth-order valence-corrected chi connectivity index (χ4v) is 0.765. The van der Waals surface area contributed by atoms with Gasteiger partial charge in [0, 0.05) is 6.20 Å². The van der Waals surface area contributed by atoms with E-state index in [1.165, 1.54) is 18.3 Å². The Labute approximate surface area is 102 Å². The number of carboxylic acid groups (broad SMARTS) is 2. The van der Waals surface area contributed by atoms with Crippen LogP contribution in [-0.4, -0.2) is 33.0 Å². The van der Waals surface area contributed by atoms with Gasteiger partial charge in [-0.15, -0.1) is 0 Å².